The molecule has 2 aromatic rings. The molecular weight excluding hydrogens is 504 g/mol. The largest absolute Gasteiger partial charge is 0.462 e. The van der Waals surface area contributed by atoms with Crippen LogP contribution in [-0.2, 0) is 9.47 Å². The van der Waals surface area contributed by atoms with Crippen LogP contribution in [0.3, 0.4) is 0 Å². The van der Waals surface area contributed by atoms with Gasteiger partial charge in [0.1, 0.15) is 29.8 Å². The second-order valence-electron chi connectivity index (χ2n) is 10.0. The van der Waals surface area contributed by atoms with Gasteiger partial charge in [0.25, 0.3) is 0 Å². The van der Waals surface area contributed by atoms with Crippen LogP contribution >= 0.6 is 0 Å². The summed E-state index contributed by atoms with van der Waals surface area (Å²) in [6.07, 6.45) is -7.98. The van der Waals surface area contributed by atoms with E-state index in [9.17, 15) is 40.9 Å². The smallest absolute Gasteiger partial charge is 0.357 e. The number of hydrogen-bond donors (Lipinski definition) is 8. The molecule has 2 aliphatic heterocycles. The number of rotatable bonds is 7. The molecule has 2 saturated heterocycles. The van der Waals surface area contributed by atoms with Crippen LogP contribution < -0.4 is 9.47 Å². The third-order valence-corrected chi connectivity index (χ3v) is 7.10. The maximum Gasteiger partial charge on any atom is 0.357 e. The molecule has 0 unspecified atom stereocenters. The minimum Gasteiger partial charge on any atom is -0.462 e. The second kappa shape index (κ2) is 10.7. The minimum atomic E-state index is -2.60. The highest BCUT2D eigenvalue weighted by Crippen LogP contribution is 2.38. The van der Waals surface area contributed by atoms with Crippen molar-refractivity contribution in [1.82, 2.24) is 0 Å². The summed E-state index contributed by atoms with van der Waals surface area (Å²) in [7, 11) is 0. The summed E-state index contributed by atoms with van der Waals surface area (Å²) < 4.78 is 22.0. The standard InChI is InChI=1S/C26H34O12/c1-24(32)22(31)21(30)19(13-28)36-23(24)35-16-7-3-14(4-8-16)15-5-9-17(10-6-15)37-26(34)25(2,33)20(29)11-18(12-27)38-26/h3-10,18-23,27-34H,11-13H2,1-2H3/t18-,19-,20+,21-,22+,23+,24+,25+,26+/m1/s1. The Balaban J connectivity index is 1.45. The summed E-state index contributed by atoms with van der Waals surface area (Å²) in [5.74, 6) is -2.16. The summed E-state index contributed by atoms with van der Waals surface area (Å²) in [5.41, 5.74) is -2.59. The Morgan fingerprint density at radius 2 is 1.39 bits per heavy atom. The normalized spacial score (nSPS) is 39.5. The van der Waals surface area contributed by atoms with Crippen molar-refractivity contribution in [3.8, 4) is 22.6 Å². The first-order valence-electron chi connectivity index (χ1n) is 12.1. The van der Waals surface area contributed by atoms with E-state index >= 15 is 0 Å². The maximum absolute atomic E-state index is 10.8. The molecule has 2 aromatic carbocycles. The van der Waals surface area contributed by atoms with Crippen molar-refractivity contribution in [3.63, 3.8) is 0 Å². The van der Waals surface area contributed by atoms with Crippen molar-refractivity contribution in [2.45, 2.75) is 74.3 Å². The molecule has 12 nitrogen and oxygen atoms in total. The zero-order valence-corrected chi connectivity index (χ0v) is 20.9. The molecule has 0 spiro atoms. The fraction of sp³-hybridized carbons (Fsp3) is 0.538. The Kier molecular flexibility index (Phi) is 8.04. The lowest BCUT2D eigenvalue weighted by molar-refractivity contribution is -0.438. The highest BCUT2D eigenvalue weighted by molar-refractivity contribution is 5.64. The first-order chi connectivity index (χ1) is 17.8. The van der Waals surface area contributed by atoms with E-state index < -0.39 is 67.2 Å². The SMILES string of the molecule is C[C@@]1(O)[C@@H](Oc2ccc(-c3ccc(O[C@]4(O)O[C@@H](CO)C[C@H](O)[C@]4(C)O)cc3)cc2)O[C@H](CO)[C@@H](O)[C@@H]1O. The topological polar surface area (TPSA) is 199 Å². The van der Waals surface area contributed by atoms with Gasteiger partial charge in [-0.2, -0.15) is 0 Å². The number of aliphatic hydroxyl groups is 8. The van der Waals surface area contributed by atoms with E-state index in [-0.39, 0.29) is 12.2 Å². The molecule has 9 atom stereocenters. The van der Waals surface area contributed by atoms with Crippen molar-refractivity contribution < 1.29 is 59.8 Å². The molecule has 4 rings (SSSR count). The van der Waals surface area contributed by atoms with Gasteiger partial charge in [0.2, 0.25) is 6.29 Å². The molecule has 0 radical (unpaired) electrons. The van der Waals surface area contributed by atoms with Crippen molar-refractivity contribution in [1.29, 1.82) is 0 Å². The Morgan fingerprint density at radius 3 is 1.92 bits per heavy atom. The summed E-state index contributed by atoms with van der Waals surface area (Å²) in [4.78, 5) is 0. The summed E-state index contributed by atoms with van der Waals surface area (Å²) in [5, 5.41) is 81.2. The lowest BCUT2D eigenvalue weighted by atomic mass is 9.88. The van der Waals surface area contributed by atoms with Gasteiger partial charge in [0.05, 0.1) is 25.4 Å². The average molecular weight is 539 g/mol. The second-order valence-corrected chi connectivity index (χ2v) is 10.0. The van der Waals surface area contributed by atoms with E-state index in [0.29, 0.717) is 5.75 Å². The summed E-state index contributed by atoms with van der Waals surface area (Å²) >= 11 is 0. The molecule has 0 aliphatic carbocycles. The van der Waals surface area contributed by atoms with Crippen LogP contribution in [-0.4, -0.2) is 108 Å². The van der Waals surface area contributed by atoms with Gasteiger partial charge in [-0.05, 0) is 49.2 Å². The third kappa shape index (κ3) is 5.25. The van der Waals surface area contributed by atoms with Gasteiger partial charge in [-0.25, -0.2) is 0 Å². The van der Waals surface area contributed by atoms with Gasteiger partial charge in [-0.15, -0.1) is 0 Å². The molecule has 0 bridgehead atoms. The predicted molar refractivity (Wildman–Crippen MR) is 130 cm³/mol. The van der Waals surface area contributed by atoms with Crippen LogP contribution in [0.4, 0.5) is 0 Å². The van der Waals surface area contributed by atoms with Crippen LogP contribution in [0.15, 0.2) is 48.5 Å². The Morgan fingerprint density at radius 1 is 0.842 bits per heavy atom. The van der Waals surface area contributed by atoms with Gasteiger partial charge in [0, 0.05) is 6.42 Å². The van der Waals surface area contributed by atoms with Gasteiger partial charge < -0.3 is 59.8 Å². The number of benzene rings is 2. The number of aliphatic hydroxyl groups excluding tert-OH is 5. The quantitative estimate of drug-likeness (QED) is 0.197. The van der Waals surface area contributed by atoms with E-state index in [1.807, 2.05) is 0 Å². The molecule has 210 valence electrons. The van der Waals surface area contributed by atoms with Crippen molar-refractivity contribution in [3.05, 3.63) is 48.5 Å². The van der Waals surface area contributed by atoms with E-state index in [0.717, 1.165) is 11.1 Å². The third-order valence-electron chi connectivity index (χ3n) is 7.10. The zero-order chi connectivity index (χ0) is 27.9. The van der Waals surface area contributed by atoms with E-state index in [1.165, 1.54) is 26.0 Å². The van der Waals surface area contributed by atoms with E-state index in [1.54, 1.807) is 36.4 Å². The van der Waals surface area contributed by atoms with Crippen LogP contribution in [0.2, 0.25) is 0 Å². The van der Waals surface area contributed by atoms with Gasteiger partial charge in [-0.3, -0.25) is 0 Å². The lowest BCUT2D eigenvalue weighted by Gasteiger charge is -2.48. The molecule has 2 aliphatic rings. The predicted octanol–water partition coefficient (Wildman–Crippen LogP) is -1.16. The zero-order valence-electron chi connectivity index (χ0n) is 20.9. The maximum atomic E-state index is 10.8. The van der Waals surface area contributed by atoms with Crippen LogP contribution in [0.5, 0.6) is 11.5 Å². The molecule has 38 heavy (non-hydrogen) atoms. The summed E-state index contributed by atoms with van der Waals surface area (Å²) in [6, 6.07) is 13.1. The van der Waals surface area contributed by atoms with Crippen LogP contribution in [0.1, 0.15) is 20.3 Å². The molecule has 8 N–H and O–H groups in total. The fourth-order valence-corrected chi connectivity index (χ4v) is 4.41. The van der Waals surface area contributed by atoms with Crippen molar-refractivity contribution in [2.75, 3.05) is 13.2 Å². The van der Waals surface area contributed by atoms with E-state index in [4.69, 9.17) is 18.9 Å². The monoisotopic (exact) mass is 538 g/mol. The Labute approximate surface area is 218 Å². The molecule has 12 heteroatoms. The lowest BCUT2D eigenvalue weighted by Crippen LogP contribution is -2.69. The first kappa shape index (κ1) is 28.6. The Hall–Kier alpha value is -2.36. The molecular formula is C26H34O12. The highest BCUT2D eigenvalue weighted by atomic mass is 16.8. The number of ether oxygens (including phenoxy) is 4. The minimum absolute atomic E-state index is 0.0806. The van der Waals surface area contributed by atoms with Crippen molar-refractivity contribution >= 4 is 0 Å². The Bertz CT molecular complexity index is 1070. The van der Waals surface area contributed by atoms with Gasteiger partial charge in [-0.1, -0.05) is 24.3 Å². The van der Waals surface area contributed by atoms with Gasteiger partial charge in [0.15, 0.2) is 11.2 Å². The first-order valence-corrected chi connectivity index (χ1v) is 12.1. The van der Waals surface area contributed by atoms with Crippen LogP contribution in [0, 0.1) is 0 Å². The average Bonchev–Trinajstić information content (AvgIpc) is 2.89. The molecule has 2 heterocycles. The van der Waals surface area contributed by atoms with E-state index in [2.05, 4.69) is 0 Å². The fourth-order valence-electron chi connectivity index (χ4n) is 4.41. The molecule has 2 fully saturated rings. The number of hydrogen-bond acceptors (Lipinski definition) is 12. The molecule has 0 amide bonds. The van der Waals surface area contributed by atoms with Crippen LogP contribution in [0.25, 0.3) is 11.1 Å². The van der Waals surface area contributed by atoms with Gasteiger partial charge >= 0.3 is 5.97 Å². The highest BCUT2D eigenvalue weighted by Gasteiger charge is 2.60. The molecule has 0 aromatic heterocycles. The molecule has 0 saturated carbocycles. The van der Waals surface area contributed by atoms with Crippen molar-refractivity contribution in [2.24, 2.45) is 0 Å². The summed E-state index contributed by atoms with van der Waals surface area (Å²) in [6.45, 7) is 1.38.